The molecule has 18 heavy (non-hydrogen) atoms. The quantitative estimate of drug-likeness (QED) is 0.606. The Labute approximate surface area is 109 Å². The number of likely N-dealkylation sites (N-methyl/N-ethyl adjacent to an activating group) is 1. The van der Waals surface area contributed by atoms with E-state index in [-0.39, 0.29) is 17.6 Å². The van der Waals surface area contributed by atoms with Crippen molar-refractivity contribution in [2.24, 2.45) is 10.7 Å². The molecule has 0 radical (unpaired) electrons. The molecule has 104 valence electrons. The maximum Gasteiger partial charge on any atom is 0.116 e. The van der Waals surface area contributed by atoms with Crippen LogP contribution in [0.5, 0.6) is 0 Å². The minimum Gasteiger partial charge on any atom is -0.388 e. The van der Waals surface area contributed by atoms with Gasteiger partial charge in [0.25, 0.3) is 0 Å². The molecule has 0 aromatic rings. The average molecular weight is 257 g/mol. The van der Waals surface area contributed by atoms with Crippen LogP contribution in [0.4, 0.5) is 4.39 Å². The molecule has 2 N–H and O–H groups in total. The number of rotatable bonds is 5. The number of ether oxygens (including phenoxy) is 1. The summed E-state index contributed by atoms with van der Waals surface area (Å²) in [6.45, 7) is 6.80. The first kappa shape index (κ1) is 15.1. The Bertz CT molecular complexity index is 335. The summed E-state index contributed by atoms with van der Waals surface area (Å²) in [5.41, 5.74) is 5.13. The van der Waals surface area contributed by atoms with Gasteiger partial charge in [0.2, 0.25) is 0 Å². The van der Waals surface area contributed by atoms with E-state index >= 15 is 0 Å². The van der Waals surface area contributed by atoms with Crippen LogP contribution in [0.1, 0.15) is 33.6 Å². The molecule has 0 spiro atoms. The predicted molar refractivity (Wildman–Crippen MR) is 72.2 cm³/mol. The molecule has 4 nitrogen and oxygen atoms in total. The Balaban J connectivity index is 2.38. The highest BCUT2D eigenvalue weighted by Gasteiger charge is 2.36. The van der Waals surface area contributed by atoms with Crippen LogP contribution >= 0.6 is 0 Å². The van der Waals surface area contributed by atoms with Crippen molar-refractivity contribution < 1.29 is 9.13 Å². The molecule has 5 heteroatoms. The lowest BCUT2D eigenvalue weighted by atomic mass is 10.1. The minimum absolute atomic E-state index is 0.127. The molecule has 0 aromatic heterocycles. The van der Waals surface area contributed by atoms with Crippen molar-refractivity contribution >= 4 is 5.84 Å². The van der Waals surface area contributed by atoms with Crippen LogP contribution in [0.15, 0.2) is 16.9 Å². The molecule has 0 amide bonds. The molecule has 0 saturated carbocycles. The summed E-state index contributed by atoms with van der Waals surface area (Å²) < 4.78 is 19.2. The Morgan fingerprint density at radius 2 is 2.28 bits per heavy atom. The van der Waals surface area contributed by atoms with E-state index < -0.39 is 0 Å². The lowest BCUT2D eigenvalue weighted by Gasteiger charge is -2.29. The lowest BCUT2D eigenvalue weighted by molar-refractivity contribution is -0.0411. The van der Waals surface area contributed by atoms with Crippen LogP contribution in [0.2, 0.25) is 0 Å². The maximum atomic E-state index is 13.5. The molecule has 1 aliphatic heterocycles. The van der Waals surface area contributed by atoms with Gasteiger partial charge in [0.05, 0.1) is 18.3 Å². The molecule has 0 unspecified atom stereocenters. The molecule has 1 rings (SSSR count). The predicted octanol–water partition coefficient (Wildman–Crippen LogP) is 2.06. The van der Waals surface area contributed by atoms with E-state index in [9.17, 15) is 4.39 Å². The van der Waals surface area contributed by atoms with Gasteiger partial charge in [-0.05, 0) is 34.2 Å². The van der Waals surface area contributed by atoms with Gasteiger partial charge in [-0.1, -0.05) is 6.08 Å². The molecule has 0 aromatic carbocycles. The van der Waals surface area contributed by atoms with Crippen molar-refractivity contribution in [3.63, 3.8) is 0 Å². The van der Waals surface area contributed by atoms with Crippen LogP contribution < -0.4 is 5.73 Å². The summed E-state index contributed by atoms with van der Waals surface area (Å²) in [6, 6.07) is 0.241. The second-order valence-corrected chi connectivity index (χ2v) is 5.18. The monoisotopic (exact) mass is 257 g/mol. The zero-order chi connectivity index (χ0) is 13.8. The van der Waals surface area contributed by atoms with E-state index in [1.54, 1.807) is 13.0 Å². The first-order chi connectivity index (χ1) is 8.33. The van der Waals surface area contributed by atoms with Crippen LogP contribution in [0.3, 0.4) is 0 Å². The molecule has 1 fully saturated rings. The van der Waals surface area contributed by atoms with E-state index in [0.29, 0.717) is 31.8 Å². The third-order valence-electron chi connectivity index (χ3n) is 3.35. The summed E-state index contributed by atoms with van der Waals surface area (Å²) in [4.78, 5) is 6.10. The lowest BCUT2D eigenvalue weighted by Crippen LogP contribution is -2.40. The third kappa shape index (κ3) is 4.38. The Kier molecular flexibility index (Phi) is 5.28. The number of hydrogen-bond acceptors (Lipinski definition) is 3. The van der Waals surface area contributed by atoms with Crippen molar-refractivity contribution in [2.75, 3.05) is 20.2 Å². The van der Waals surface area contributed by atoms with Gasteiger partial charge in [0, 0.05) is 19.0 Å². The number of nitrogens with zero attached hydrogens (tertiary/aromatic N) is 2. The van der Waals surface area contributed by atoms with Crippen molar-refractivity contribution in [3.05, 3.63) is 11.9 Å². The zero-order valence-corrected chi connectivity index (χ0v) is 11.7. The number of halogens is 1. The van der Waals surface area contributed by atoms with E-state index in [1.807, 2.05) is 20.9 Å². The number of nitrogens with two attached hydrogens (primary N) is 1. The maximum absolute atomic E-state index is 13.5. The standard InChI is InChI=1S/C13H24FN3O/c1-10(15)16-8-7-11(14)5-6-12-9-18-13(2,3)17(12)4/h5,12H,6-9H2,1-4H3,(H2,15,16)/t12-/m0/s1. The van der Waals surface area contributed by atoms with Gasteiger partial charge in [-0.15, -0.1) is 0 Å². The average Bonchev–Trinajstić information content (AvgIpc) is 2.51. The molecule has 0 bridgehead atoms. The van der Waals surface area contributed by atoms with Gasteiger partial charge >= 0.3 is 0 Å². The highest BCUT2D eigenvalue weighted by molar-refractivity contribution is 5.77. The molecular formula is C13H24FN3O. The Hall–Kier alpha value is -0.940. The topological polar surface area (TPSA) is 50.9 Å². The van der Waals surface area contributed by atoms with Crippen molar-refractivity contribution in [2.45, 2.75) is 45.4 Å². The van der Waals surface area contributed by atoms with Gasteiger partial charge < -0.3 is 10.5 Å². The molecule has 1 saturated heterocycles. The first-order valence-electron chi connectivity index (χ1n) is 6.31. The van der Waals surface area contributed by atoms with E-state index in [0.717, 1.165) is 0 Å². The normalized spacial score (nSPS) is 25.7. The first-order valence-corrected chi connectivity index (χ1v) is 6.31. The second kappa shape index (κ2) is 6.29. The summed E-state index contributed by atoms with van der Waals surface area (Å²) in [6.07, 6.45) is 2.61. The summed E-state index contributed by atoms with van der Waals surface area (Å²) in [5.74, 6) is 0.367. The van der Waals surface area contributed by atoms with Gasteiger partial charge in [-0.2, -0.15) is 0 Å². The van der Waals surface area contributed by atoms with Gasteiger partial charge in [-0.3, -0.25) is 9.89 Å². The highest BCUT2D eigenvalue weighted by Crippen LogP contribution is 2.27. The van der Waals surface area contributed by atoms with Crippen LogP contribution in [0.25, 0.3) is 0 Å². The Morgan fingerprint density at radius 3 is 2.78 bits per heavy atom. The van der Waals surface area contributed by atoms with Crippen LogP contribution in [-0.2, 0) is 4.74 Å². The number of aliphatic imine (C=N–C) groups is 1. The van der Waals surface area contributed by atoms with Crippen molar-refractivity contribution in [1.82, 2.24) is 4.90 Å². The summed E-state index contributed by atoms with van der Waals surface area (Å²) in [7, 11) is 2.01. The smallest absolute Gasteiger partial charge is 0.116 e. The van der Waals surface area contributed by atoms with E-state index in [2.05, 4.69) is 9.89 Å². The minimum atomic E-state index is -0.254. The molecular weight excluding hydrogens is 233 g/mol. The summed E-state index contributed by atoms with van der Waals surface area (Å²) in [5, 5.41) is 0. The fraction of sp³-hybridized carbons (Fsp3) is 0.769. The van der Waals surface area contributed by atoms with E-state index in [1.165, 1.54) is 0 Å². The fourth-order valence-electron chi connectivity index (χ4n) is 1.88. The second-order valence-electron chi connectivity index (χ2n) is 5.18. The highest BCUT2D eigenvalue weighted by atomic mass is 19.1. The van der Waals surface area contributed by atoms with Gasteiger partial charge in [-0.25, -0.2) is 4.39 Å². The van der Waals surface area contributed by atoms with Crippen LogP contribution in [0, 0.1) is 0 Å². The third-order valence-corrected chi connectivity index (χ3v) is 3.35. The molecule has 0 aliphatic carbocycles. The number of hydrogen-bond donors (Lipinski definition) is 1. The van der Waals surface area contributed by atoms with Gasteiger partial charge in [0.1, 0.15) is 5.72 Å². The number of amidine groups is 1. The molecule has 1 heterocycles. The van der Waals surface area contributed by atoms with E-state index in [4.69, 9.17) is 10.5 Å². The van der Waals surface area contributed by atoms with Crippen molar-refractivity contribution in [3.8, 4) is 0 Å². The molecule has 1 aliphatic rings. The van der Waals surface area contributed by atoms with Crippen molar-refractivity contribution in [1.29, 1.82) is 0 Å². The largest absolute Gasteiger partial charge is 0.388 e. The summed E-state index contributed by atoms with van der Waals surface area (Å²) >= 11 is 0. The van der Waals surface area contributed by atoms with Gasteiger partial charge in [0.15, 0.2) is 0 Å². The fourth-order valence-corrected chi connectivity index (χ4v) is 1.88. The van der Waals surface area contributed by atoms with Crippen LogP contribution in [-0.4, -0.2) is 42.7 Å². The molecule has 1 atom stereocenters. The zero-order valence-electron chi connectivity index (χ0n) is 11.7. The Morgan fingerprint density at radius 1 is 1.61 bits per heavy atom. The SMILES string of the molecule is CC(N)=NCCC(F)=CC[C@H]1COC(C)(C)N1C.